The number of nitrogens with two attached hydrogens (primary N) is 1. The first-order chi connectivity index (χ1) is 11.2. The third-order valence-corrected chi connectivity index (χ3v) is 5.56. The van der Waals surface area contributed by atoms with Gasteiger partial charge in [0.05, 0.1) is 12.2 Å². The minimum atomic E-state index is -0.355. The maximum Gasteiger partial charge on any atom is 0.0721 e. The number of fused-ring (bicyclic) bond motifs is 1. The smallest absolute Gasteiger partial charge is 0.0721 e. The highest BCUT2D eigenvalue weighted by Gasteiger charge is 2.43. The van der Waals surface area contributed by atoms with Crippen molar-refractivity contribution >= 4 is 0 Å². The first-order valence-electron chi connectivity index (χ1n) is 9.59. The van der Waals surface area contributed by atoms with E-state index in [0.29, 0.717) is 11.8 Å². The van der Waals surface area contributed by atoms with Gasteiger partial charge >= 0.3 is 0 Å². The number of unbranched alkanes of at least 4 members (excludes halogenated alkanes) is 3. The van der Waals surface area contributed by atoms with Crippen molar-refractivity contribution in [3.05, 3.63) is 23.8 Å². The molecule has 0 aromatic carbocycles. The van der Waals surface area contributed by atoms with Crippen molar-refractivity contribution in [3.63, 3.8) is 0 Å². The van der Waals surface area contributed by atoms with Gasteiger partial charge in [0.2, 0.25) is 0 Å². The van der Waals surface area contributed by atoms with E-state index in [1.807, 2.05) is 6.08 Å². The van der Waals surface area contributed by atoms with Gasteiger partial charge in [0.25, 0.3) is 0 Å². The zero-order chi connectivity index (χ0) is 16.7. The lowest BCUT2D eigenvalue weighted by Gasteiger charge is -2.19. The van der Waals surface area contributed by atoms with Gasteiger partial charge in [-0.1, -0.05) is 50.0 Å². The first kappa shape index (κ1) is 18.7. The van der Waals surface area contributed by atoms with E-state index in [4.69, 9.17) is 5.73 Å². The minimum absolute atomic E-state index is 0.212. The Kier molecular flexibility index (Phi) is 7.81. The van der Waals surface area contributed by atoms with Crippen LogP contribution in [0.25, 0.3) is 0 Å². The summed E-state index contributed by atoms with van der Waals surface area (Å²) in [6.45, 7) is 2.95. The van der Waals surface area contributed by atoms with E-state index in [-0.39, 0.29) is 18.1 Å². The van der Waals surface area contributed by atoms with Crippen LogP contribution in [0.1, 0.15) is 64.7 Å². The third-order valence-electron chi connectivity index (χ3n) is 5.56. The molecule has 2 aliphatic rings. The van der Waals surface area contributed by atoms with Crippen LogP contribution in [0.3, 0.4) is 0 Å². The summed E-state index contributed by atoms with van der Waals surface area (Å²) in [7, 11) is 0. The van der Waals surface area contributed by atoms with Crippen molar-refractivity contribution in [2.75, 3.05) is 6.54 Å². The molecule has 0 aromatic rings. The Bertz CT molecular complexity index is 404. The van der Waals surface area contributed by atoms with Gasteiger partial charge in [-0.05, 0) is 56.9 Å². The highest BCUT2D eigenvalue weighted by atomic mass is 16.3. The van der Waals surface area contributed by atoms with Crippen LogP contribution in [0.4, 0.5) is 0 Å². The fourth-order valence-electron chi connectivity index (χ4n) is 4.24. The molecule has 0 aromatic heterocycles. The zero-order valence-corrected chi connectivity index (χ0v) is 14.7. The van der Waals surface area contributed by atoms with E-state index in [1.54, 1.807) is 5.57 Å². The molecule has 1 fully saturated rings. The van der Waals surface area contributed by atoms with Gasteiger partial charge in [-0.25, -0.2) is 0 Å². The molecule has 3 nitrogen and oxygen atoms in total. The predicted molar refractivity (Wildman–Crippen MR) is 96.0 cm³/mol. The van der Waals surface area contributed by atoms with Gasteiger partial charge in [-0.15, -0.1) is 0 Å². The molecular weight excluding hydrogens is 286 g/mol. The molecule has 2 aliphatic carbocycles. The van der Waals surface area contributed by atoms with Gasteiger partial charge < -0.3 is 15.9 Å². The molecule has 0 bridgehead atoms. The van der Waals surface area contributed by atoms with Crippen molar-refractivity contribution < 1.29 is 10.2 Å². The minimum Gasteiger partial charge on any atom is -0.392 e. The van der Waals surface area contributed by atoms with Crippen LogP contribution in [0.2, 0.25) is 0 Å². The Morgan fingerprint density at radius 3 is 2.87 bits per heavy atom. The fraction of sp³-hybridized carbons (Fsp3) is 0.800. The summed E-state index contributed by atoms with van der Waals surface area (Å²) in [5, 5.41) is 20.4. The van der Waals surface area contributed by atoms with E-state index in [0.717, 1.165) is 45.1 Å². The maximum atomic E-state index is 10.3. The summed E-state index contributed by atoms with van der Waals surface area (Å²) in [6.07, 6.45) is 15.6. The van der Waals surface area contributed by atoms with Gasteiger partial charge in [-0.2, -0.15) is 0 Å². The van der Waals surface area contributed by atoms with Crippen molar-refractivity contribution in [2.45, 2.75) is 76.9 Å². The average molecular weight is 322 g/mol. The summed E-state index contributed by atoms with van der Waals surface area (Å²) in [4.78, 5) is 0. The monoisotopic (exact) mass is 321 g/mol. The second-order valence-corrected chi connectivity index (χ2v) is 7.43. The molecule has 5 atom stereocenters. The number of allylic oxidation sites excluding steroid dienone is 2. The molecule has 0 unspecified atom stereocenters. The van der Waals surface area contributed by atoms with Crippen LogP contribution in [-0.2, 0) is 0 Å². The number of rotatable bonds is 10. The lowest BCUT2D eigenvalue weighted by atomic mass is 9.88. The Hall–Kier alpha value is -0.640. The highest BCUT2D eigenvalue weighted by molar-refractivity contribution is 5.20. The van der Waals surface area contributed by atoms with Crippen LogP contribution in [0.15, 0.2) is 23.8 Å². The van der Waals surface area contributed by atoms with Gasteiger partial charge in [0.1, 0.15) is 0 Å². The Balaban J connectivity index is 1.82. The number of hydrogen-bond acceptors (Lipinski definition) is 3. The van der Waals surface area contributed by atoms with Crippen LogP contribution in [-0.4, -0.2) is 29.0 Å². The fourth-order valence-corrected chi connectivity index (χ4v) is 4.24. The normalized spacial score (nSPS) is 31.6. The molecule has 132 valence electrons. The second-order valence-electron chi connectivity index (χ2n) is 7.43. The summed E-state index contributed by atoms with van der Waals surface area (Å²) in [5.74, 6) is 1.28. The molecule has 0 spiro atoms. The maximum absolute atomic E-state index is 10.3. The molecule has 23 heavy (non-hydrogen) atoms. The number of aliphatic hydroxyl groups is 2. The Morgan fingerprint density at radius 1 is 1.30 bits per heavy atom. The second kappa shape index (κ2) is 9.61. The largest absolute Gasteiger partial charge is 0.392 e. The van der Waals surface area contributed by atoms with Gasteiger partial charge in [0.15, 0.2) is 0 Å². The summed E-state index contributed by atoms with van der Waals surface area (Å²) in [6, 6.07) is 0. The number of hydrogen-bond donors (Lipinski definition) is 3. The van der Waals surface area contributed by atoms with Crippen LogP contribution < -0.4 is 5.73 Å². The highest BCUT2D eigenvalue weighted by Crippen LogP contribution is 2.48. The molecule has 3 heteroatoms. The van der Waals surface area contributed by atoms with Gasteiger partial charge in [-0.3, -0.25) is 0 Å². The van der Waals surface area contributed by atoms with Crippen molar-refractivity contribution in [1.82, 2.24) is 0 Å². The molecular formula is C20H35NO2. The first-order valence-corrected chi connectivity index (χ1v) is 9.59. The Labute approximate surface area is 141 Å². The summed E-state index contributed by atoms with van der Waals surface area (Å²) >= 11 is 0. The SMILES string of the molecule is CCCCC[C@H](O)C=C[C@@H]1[C@H]2CC(CCCCN)=C[C@H]2C[C@H]1O. The summed E-state index contributed by atoms with van der Waals surface area (Å²) < 4.78 is 0. The average Bonchev–Trinajstić information content (AvgIpc) is 3.02. The third kappa shape index (κ3) is 5.44. The predicted octanol–water partition coefficient (Wildman–Crippen LogP) is 3.56. The van der Waals surface area contributed by atoms with Gasteiger partial charge in [0, 0.05) is 5.92 Å². The molecule has 0 amide bonds. The molecule has 0 radical (unpaired) electrons. The zero-order valence-electron chi connectivity index (χ0n) is 14.7. The lowest BCUT2D eigenvalue weighted by molar-refractivity contribution is 0.139. The van der Waals surface area contributed by atoms with Crippen LogP contribution >= 0.6 is 0 Å². The molecule has 4 N–H and O–H groups in total. The topological polar surface area (TPSA) is 66.5 Å². The molecule has 0 saturated heterocycles. The van der Waals surface area contributed by atoms with E-state index in [1.165, 1.54) is 19.3 Å². The van der Waals surface area contributed by atoms with Crippen LogP contribution in [0, 0.1) is 17.8 Å². The van der Waals surface area contributed by atoms with Crippen molar-refractivity contribution in [2.24, 2.45) is 23.5 Å². The lowest BCUT2D eigenvalue weighted by Crippen LogP contribution is -2.18. The molecule has 0 heterocycles. The van der Waals surface area contributed by atoms with Crippen LogP contribution in [0.5, 0.6) is 0 Å². The van der Waals surface area contributed by atoms with E-state index < -0.39 is 0 Å². The standard InChI is InChI=1S/C20H35NO2/c1-2-3-4-8-17(22)9-10-18-19-13-15(7-5-6-11-21)12-16(19)14-20(18)23/h9-10,12,16-20,22-23H,2-8,11,13-14,21H2,1H3/t16-,17-,18+,19-,20+/m0/s1. The van der Waals surface area contributed by atoms with Crippen molar-refractivity contribution in [3.8, 4) is 0 Å². The van der Waals surface area contributed by atoms with E-state index >= 15 is 0 Å². The quantitative estimate of drug-likeness (QED) is 0.426. The summed E-state index contributed by atoms with van der Waals surface area (Å²) in [5.41, 5.74) is 7.13. The van der Waals surface area contributed by atoms with Crippen molar-refractivity contribution in [1.29, 1.82) is 0 Å². The number of aliphatic hydroxyl groups excluding tert-OH is 2. The molecule has 2 rings (SSSR count). The Morgan fingerprint density at radius 2 is 2.13 bits per heavy atom. The van der Waals surface area contributed by atoms with E-state index in [9.17, 15) is 10.2 Å². The molecule has 0 aliphatic heterocycles. The molecule has 1 saturated carbocycles. The van der Waals surface area contributed by atoms with E-state index in [2.05, 4.69) is 19.1 Å².